The monoisotopic (exact) mass is 291 g/mol. The third-order valence-electron chi connectivity index (χ3n) is 2.30. The molecular formula is C12H13N5O2S. The standard InChI is InChI=1S/C12H13N5O2S/c1-13-11(19)15-10(18)7-20-12-14-8-17(16-12)9-5-3-2-4-6-9/h2-6,8H,7H2,1H3,(H2,13,15,18,19). The number of hydrogen-bond donors (Lipinski definition) is 2. The second-order valence-corrected chi connectivity index (χ2v) is 4.67. The van der Waals surface area contributed by atoms with Crippen LogP contribution >= 0.6 is 11.8 Å². The first kappa shape index (κ1) is 14.1. The van der Waals surface area contributed by atoms with Gasteiger partial charge in [0.25, 0.3) is 0 Å². The molecule has 0 spiro atoms. The van der Waals surface area contributed by atoms with Gasteiger partial charge in [-0.05, 0) is 12.1 Å². The molecule has 2 rings (SSSR count). The summed E-state index contributed by atoms with van der Waals surface area (Å²) in [5.74, 6) is -0.322. The molecule has 0 radical (unpaired) electrons. The zero-order valence-corrected chi connectivity index (χ0v) is 11.6. The van der Waals surface area contributed by atoms with E-state index in [9.17, 15) is 9.59 Å². The van der Waals surface area contributed by atoms with Gasteiger partial charge in [0.05, 0.1) is 11.4 Å². The fourth-order valence-electron chi connectivity index (χ4n) is 1.37. The SMILES string of the molecule is CNC(=O)NC(=O)CSc1ncn(-c2ccccc2)n1. The van der Waals surface area contributed by atoms with Gasteiger partial charge in [0.2, 0.25) is 11.1 Å². The molecule has 0 bridgehead atoms. The van der Waals surface area contributed by atoms with Crippen LogP contribution in [0.5, 0.6) is 0 Å². The van der Waals surface area contributed by atoms with Crippen molar-refractivity contribution in [2.24, 2.45) is 0 Å². The molecule has 2 aromatic rings. The first-order valence-corrected chi connectivity index (χ1v) is 6.79. The smallest absolute Gasteiger partial charge is 0.321 e. The van der Waals surface area contributed by atoms with Crippen molar-refractivity contribution < 1.29 is 9.59 Å². The summed E-state index contributed by atoms with van der Waals surface area (Å²) >= 11 is 1.16. The van der Waals surface area contributed by atoms with Crippen molar-refractivity contribution in [3.8, 4) is 5.69 Å². The predicted octanol–water partition coefficient (Wildman–Crippen LogP) is 0.815. The third-order valence-corrected chi connectivity index (χ3v) is 3.16. The van der Waals surface area contributed by atoms with E-state index in [1.165, 1.54) is 7.05 Å². The summed E-state index contributed by atoms with van der Waals surface area (Å²) < 4.78 is 1.62. The summed E-state index contributed by atoms with van der Waals surface area (Å²) in [5, 5.41) is 9.18. The number of nitrogens with zero attached hydrogens (tertiary/aromatic N) is 3. The number of hydrogen-bond acceptors (Lipinski definition) is 5. The van der Waals surface area contributed by atoms with Crippen molar-refractivity contribution in [3.05, 3.63) is 36.7 Å². The van der Waals surface area contributed by atoms with E-state index in [0.717, 1.165) is 17.4 Å². The average molecular weight is 291 g/mol. The number of carbonyl (C=O) groups is 2. The van der Waals surface area contributed by atoms with Gasteiger partial charge < -0.3 is 5.32 Å². The highest BCUT2D eigenvalue weighted by molar-refractivity contribution is 7.99. The van der Waals surface area contributed by atoms with Crippen LogP contribution in [0.15, 0.2) is 41.8 Å². The minimum atomic E-state index is -0.529. The Morgan fingerprint density at radius 3 is 2.75 bits per heavy atom. The number of thioether (sulfide) groups is 1. The maximum Gasteiger partial charge on any atom is 0.321 e. The highest BCUT2D eigenvalue weighted by Crippen LogP contribution is 2.13. The molecule has 0 saturated carbocycles. The molecule has 0 fully saturated rings. The van der Waals surface area contributed by atoms with Gasteiger partial charge in [-0.1, -0.05) is 30.0 Å². The van der Waals surface area contributed by atoms with Gasteiger partial charge in [0.1, 0.15) is 6.33 Å². The predicted molar refractivity (Wildman–Crippen MR) is 74.7 cm³/mol. The zero-order chi connectivity index (χ0) is 14.4. The van der Waals surface area contributed by atoms with Crippen molar-refractivity contribution in [1.29, 1.82) is 0 Å². The number of rotatable bonds is 4. The topological polar surface area (TPSA) is 88.9 Å². The van der Waals surface area contributed by atoms with E-state index < -0.39 is 11.9 Å². The lowest BCUT2D eigenvalue weighted by Crippen LogP contribution is -2.38. The molecule has 1 heterocycles. The van der Waals surface area contributed by atoms with Crippen LogP contribution in [0.2, 0.25) is 0 Å². The van der Waals surface area contributed by atoms with Crippen molar-refractivity contribution in [2.45, 2.75) is 5.16 Å². The van der Waals surface area contributed by atoms with Gasteiger partial charge in [-0.3, -0.25) is 10.1 Å². The molecule has 0 unspecified atom stereocenters. The summed E-state index contributed by atoms with van der Waals surface area (Å²) in [6.07, 6.45) is 1.58. The molecular weight excluding hydrogens is 278 g/mol. The largest absolute Gasteiger partial charge is 0.341 e. The summed E-state index contributed by atoms with van der Waals surface area (Å²) in [5.41, 5.74) is 0.890. The number of benzene rings is 1. The normalized spacial score (nSPS) is 10.1. The number of aromatic nitrogens is 3. The van der Waals surface area contributed by atoms with Crippen LogP contribution < -0.4 is 10.6 Å². The van der Waals surface area contributed by atoms with Gasteiger partial charge in [-0.15, -0.1) is 5.10 Å². The van der Waals surface area contributed by atoms with Crippen molar-refractivity contribution >= 4 is 23.7 Å². The first-order valence-electron chi connectivity index (χ1n) is 5.80. The van der Waals surface area contributed by atoms with E-state index in [-0.39, 0.29) is 5.75 Å². The van der Waals surface area contributed by atoms with Crippen LogP contribution in [-0.2, 0) is 4.79 Å². The van der Waals surface area contributed by atoms with Crippen molar-refractivity contribution in [2.75, 3.05) is 12.8 Å². The highest BCUT2D eigenvalue weighted by atomic mass is 32.2. The van der Waals surface area contributed by atoms with Gasteiger partial charge in [-0.2, -0.15) is 0 Å². The van der Waals surface area contributed by atoms with E-state index >= 15 is 0 Å². The zero-order valence-electron chi connectivity index (χ0n) is 10.7. The molecule has 7 nitrogen and oxygen atoms in total. The maximum atomic E-state index is 11.4. The molecule has 0 aliphatic carbocycles. The Balaban J connectivity index is 1.91. The van der Waals surface area contributed by atoms with Gasteiger partial charge in [0.15, 0.2) is 0 Å². The molecule has 20 heavy (non-hydrogen) atoms. The summed E-state index contributed by atoms with van der Waals surface area (Å²) in [6.45, 7) is 0. The van der Waals surface area contributed by atoms with Crippen LogP contribution in [0.4, 0.5) is 4.79 Å². The number of nitrogens with one attached hydrogen (secondary N) is 2. The molecule has 0 saturated heterocycles. The summed E-state index contributed by atoms with van der Waals surface area (Å²) in [6, 6.07) is 9.00. The van der Waals surface area contributed by atoms with Crippen molar-refractivity contribution in [3.63, 3.8) is 0 Å². The second-order valence-electron chi connectivity index (χ2n) is 3.72. The van der Waals surface area contributed by atoms with Crippen LogP contribution in [-0.4, -0.2) is 39.5 Å². The molecule has 3 amide bonds. The summed E-state index contributed by atoms with van der Waals surface area (Å²) in [4.78, 5) is 26.4. The fourth-order valence-corrected chi connectivity index (χ4v) is 1.97. The Bertz CT molecular complexity index is 599. The van der Waals surface area contributed by atoms with Crippen LogP contribution in [0.25, 0.3) is 5.69 Å². The van der Waals surface area contributed by atoms with Crippen LogP contribution in [0.3, 0.4) is 0 Å². The number of para-hydroxylation sites is 1. The average Bonchev–Trinajstić information content (AvgIpc) is 2.95. The minimum absolute atomic E-state index is 0.0756. The van der Waals surface area contributed by atoms with Gasteiger partial charge >= 0.3 is 6.03 Å². The van der Waals surface area contributed by atoms with E-state index in [2.05, 4.69) is 20.7 Å². The number of amides is 3. The van der Waals surface area contributed by atoms with E-state index in [4.69, 9.17) is 0 Å². The van der Waals surface area contributed by atoms with E-state index in [1.807, 2.05) is 30.3 Å². The van der Waals surface area contributed by atoms with Gasteiger partial charge in [0, 0.05) is 7.05 Å². The number of carbonyl (C=O) groups excluding carboxylic acids is 2. The molecule has 0 atom stereocenters. The molecule has 8 heteroatoms. The highest BCUT2D eigenvalue weighted by Gasteiger charge is 2.09. The lowest BCUT2D eigenvalue weighted by molar-refractivity contribution is -0.117. The van der Waals surface area contributed by atoms with E-state index in [1.54, 1.807) is 11.0 Å². The lowest BCUT2D eigenvalue weighted by atomic mass is 10.3. The molecule has 1 aromatic carbocycles. The molecule has 1 aromatic heterocycles. The Kier molecular flexibility index (Phi) is 4.72. The van der Waals surface area contributed by atoms with Gasteiger partial charge in [-0.25, -0.2) is 14.5 Å². The third kappa shape index (κ3) is 3.82. The summed E-state index contributed by atoms with van der Waals surface area (Å²) in [7, 11) is 1.44. The first-order chi connectivity index (χ1) is 9.69. The number of imide groups is 1. The quantitative estimate of drug-likeness (QED) is 0.814. The Hall–Kier alpha value is -2.35. The van der Waals surface area contributed by atoms with Crippen molar-refractivity contribution in [1.82, 2.24) is 25.4 Å². The lowest BCUT2D eigenvalue weighted by Gasteiger charge is -2.01. The molecule has 104 valence electrons. The Morgan fingerprint density at radius 1 is 1.30 bits per heavy atom. The molecule has 0 aliphatic rings. The van der Waals surface area contributed by atoms with E-state index in [0.29, 0.717) is 5.16 Å². The maximum absolute atomic E-state index is 11.4. The Labute approximate surface area is 119 Å². The Morgan fingerprint density at radius 2 is 2.05 bits per heavy atom. The van der Waals surface area contributed by atoms with Crippen LogP contribution in [0, 0.1) is 0 Å². The minimum Gasteiger partial charge on any atom is -0.341 e. The second kappa shape index (κ2) is 6.71. The molecule has 2 N–H and O–H groups in total. The number of urea groups is 1. The fraction of sp³-hybridized carbons (Fsp3) is 0.167. The molecule has 0 aliphatic heterocycles. The van der Waals surface area contributed by atoms with Crippen LogP contribution in [0.1, 0.15) is 0 Å².